The Kier molecular flexibility index (Phi) is 3.72. The SMILES string of the molecule is OCCn1c(Cc2ccccc2)nc2ccc(Cl)cc21. The molecular formula is C16H15ClN2O. The van der Waals surface area contributed by atoms with E-state index in [2.05, 4.69) is 17.1 Å². The lowest BCUT2D eigenvalue weighted by Gasteiger charge is -2.07. The van der Waals surface area contributed by atoms with Crippen molar-refractivity contribution < 1.29 is 5.11 Å². The Bertz CT molecular complexity index is 722. The second-order valence-corrected chi connectivity index (χ2v) is 5.14. The molecule has 3 rings (SSSR count). The Morgan fingerprint density at radius 1 is 1.10 bits per heavy atom. The smallest absolute Gasteiger partial charge is 0.114 e. The maximum Gasteiger partial charge on any atom is 0.114 e. The number of fused-ring (bicyclic) bond motifs is 1. The van der Waals surface area contributed by atoms with Gasteiger partial charge in [0.1, 0.15) is 5.82 Å². The summed E-state index contributed by atoms with van der Waals surface area (Å²) in [6, 6.07) is 15.8. The fourth-order valence-corrected chi connectivity index (χ4v) is 2.58. The molecule has 0 bridgehead atoms. The normalized spacial score (nSPS) is 11.1. The van der Waals surface area contributed by atoms with E-state index in [1.807, 2.05) is 41.0 Å². The zero-order valence-electron chi connectivity index (χ0n) is 11.0. The minimum atomic E-state index is 0.0831. The van der Waals surface area contributed by atoms with Crippen molar-refractivity contribution in [1.29, 1.82) is 0 Å². The maximum atomic E-state index is 9.28. The Morgan fingerprint density at radius 3 is 2.65 bits per heavy atom. The summed E-state index contributed by atoms with van der Waals surface area (Å²) in [4.78, 5) is 4.66. The van der Waals surface area contributed by atoms with Gasteiger partial charge < -0.3 is 9.67 Å². The van der Waals surface area contributed by atoms with Gasteiger partial charge in [0.15, 0.2) is 0 Å². The third-order valence-corrected chi connectivity index (χ3v) is 3.55. The van der Waals surface area contributed by atoms with Crippen molar-refractivity contribution in [3.05, 3.63) is 64.9 Å². The van der Waals surface area contributed by atoms with E-state index in [-0.39, 0.29) is 6.61 Å². The summed E-state index contributed by atoms with van der Waals surface area (Å²) < 4.78 is 2.04. The Hall–Kier alpha value is -1.84. The average molecular weight is 287 g/mol. The van der Waals surface area contributed by atoms with Crippen molar-refractivity contribution in [2.24, 2.45) is 0 Å². The van der Waals surface area contributed by atoms with E-state index in [0.717, 1.165) is 23.3 Å². The molecule has 2 aromatic carbocycles. The molecule has 102 valence electrons. The van der Waals surface area contributed by atoms with Crippen molar-refractivity contribution in [3.63, 3.8) is 0 Å². The van der Waals surface area contributed by atoms with Crippen LogP contribution in [0.5, 0.6) is 0 Å². The first-order valence-electron chi connectivity index (χ1n) is 6.57. The maximum absolute atomic E-state index is 9.28. The number of halogens is 1. The highest BCUT2D eigenvalue weighted by atomic mass is 35.5. The van der Waals surface area contributed by atoms with Gasteiger partial charge in [-0.05, 0) is 23.8 Å². The number of hydrogen-bond donors (Lipinski definition) is 1. The summed E-state index contributed by atoms with van der Waals surface area (Å²) in [5.74, 6) is 0.947. The lowest BCUT2D eigenvalue weighted by atomic mass is 10.1. The molecule has 3 aromatic rings. The van der Waals surface area contributed by atoms with Crippen molar-refractivity contribution in [3.8, 4) is 0 Å². The second-order valence-electron chi connectivity index (χ2n) is 4.70. The number of hydrogen-bond acceptors (Lipinski definition) is 2. The number of benzene rings is 2. The molecule has 0 saturated carbocycles. The third-order valence-electron chi connectivity index (χ3n) is 3.32. The summed E-state index contributed by atoms with van der Waals surface area (Å²) >= 11 is 6.06. The number of aromatic nitrogens is 2. The highest BCUT2D eigenvalue weighted by molar-refractivity contribution is 6.31. The standard InChI is InChI=1S/C16H15ClN2O/c17-13-6-7-14-15(11-13)19(8-9-20)16(18-14)10-12-4-2-1-3-5-12/h1-7,11,20H,8-10H2. The predicted octanol–water partition coefficient (Wildman–Crippen LogP) is 3.27. The Morgan fingerprint density at radius 2 is 1.90 bits per heavy atom. The minimum absolute atomic E-state index is 0.0831. The quantitative estimate of drug-likeness (QED) is 0.799. The molecule has 0 amide bonds. The van der Waals surface area contributed by atoms with Crippen molar-refractivity contribution in [2.45, 2.75) is 13.0 Å². The average Bonchev–Trinajstić information content (AvgIpc) is 2.78. The van der Waals surface area contributed by atoms with E-state index in [0.29, 0.717) is 11.6 Å². The molecule has 0 atom stereocenters. The molecule has 0 saturated heterocycles. The van der Waals surface area contributed by atoms with Crippen LogP contribution in [0.15, 0.2) is 48.5 Å². The summed E-state index contributed by atoms with van der Waals surface area (Å²) in [6.45, 7) is 0.610. The van der Waals surface area contributed by atoms with Gasteiger partial charge in [0, 0.05) is 18.0 Å². The number of nitrogens with zero attached hydrogens (tertiary/aromatic N) is 2. The molecule has 1 N–H and O–H groups in total. The van der Waals surface area contributed by atoms with Crippen LogP contribution in [0.4, 0.5) is 0 Å². The van der Waals surface area contributed by atoms with Gasteiger partial charge in [-0.25, -0.2) is 4.98 Å². The van der Waals surface area contributed by atoms with E-state index in [1.54, 1.807) is 0 Å². The highest BCUT2D eigenvalue weighted by Crippen LogP contribution is 2.22. The Balaban J connectivity index is 2.07. The fraction of sp³-hybridized carbons (Fsp3) is 0.188. The van der Waals surface area contributed by atoms with Crippen molar-refractivity contribution >= 4 is 22.6 Å². The van der Waals surface area contributed by atoms with Crippen molar-refractivity contribution in [1.82, 2.24) is 9.55 Å². The third kappa shape index (κ3) is 2.55. The molecule has 3 nitrogen and oxygen atoms in total. The molecular weight excluding hydrogens is 272 g/mol. The summed E-state index contributed by atoms with van der Waals surface area (Å²) in [5.41, 5.74) is 3.08. The van der Waals surface area contributed by atoms with Crippen molar-refractivity contribution in [2.75, 3.05) is 6.61 Å². The van der Waals surface area contributed by atoms with E-state index >= 15 is 0 Å². The topological polar surface area (TPSA) is 38.0 Å². The van der Waals surface area contributed by atoms with Gasteiger partial charge in [-0.2, -0.15) is 0 Å². The molecule has 0 aliphatic rings. The first-order valence-corrected chi connectivity index (χ1v) is 6.95. The summed E-state index contributed by atoms with van der Waals surface area (Å²) in [7, 11) is 0. The van der Waals surface area contributed by atoms with Crippen LogP contribution in [-0.4, -0.2) is 21.3 Å². The number of aliphatic hydroxyl groups excluding tert-OH is 1. The summed E-state index contributed by atoms with van der Waals surface area (Å²) in [5, 5.41) is 9.96. The molecule has 0 aliphatic carbocycles. The molecule has 0 spiro atoms. The molecule has 0 fully saturated rings. The van der Waals surface area contributed by atoms with Crippen LogP contribution in [0.25, 0.3) is 11.0 Å². The van der Waals surface area contributed by atoms with E-state index in [9.17, 15) is 5.11 Å². The fourth-order valence-electron chi connectivity index (χ4n) is 2.41. The van der Waals surface area contributed by atoms with Gasteiger partial charge in [0.2, 0.25) is 0 Å². The predicted molar refractivity (Wildman–Crippen MR) is 81.1 cm³/mol. The molecule has 0 aliphatic heterocycles. The van der Waals surface area contributed by atoms with E-state index in [4.69, 9.17) is 11.6 Å². The van der Waals surface area contributed by atoms with Crippen LogP contribution in [0, 0.1) is 0 Å². The molecule has 0 unspecified atom stereocenters. The summed E-state index contributed by atoms with van der Waals surface area (Å²) in [6.07, 6.45) is 0.743. The van der Waals surface area contributed by atoms with E-state index in [1.165, 1.54) is 5.56 Å². The largest absolute Gasteiger partial charge is 0.395 e. The minimum Gasteiger partial charge on any atom is -0.395 e. The molecule has 1 aromatic heterocycles. The molecule has 0 radical (unpaired) electrons. The van der Waals surface area contributed by atoms with Crippen LogP contribution in [0.2, 0.25) is 5.02 Å². The van der Waals surface area contributed by atoms with Gasteiger partial charge in [-0.1, -0.05) is 41.9 Å². The van der Waals surface area contributed by atoms with Crippen LogP contribution in [0.3, 0.4) is 0 Å². The zero-order chi connectivity index (χ0) is 13.9. The highest BCUT2D eigenvalue weighted by Gasteiger charge is 2.11. The zero-order valence-corrected chi connectivity index (χ0v) is 11.7. The monoisotopic (exact) mass is 286 g/mol. The second kappa shape index (κ2) is 5.65. The molecule has 20 heavy (non-hydrogen) atoms. The first-order chi connectivity index (χ1) is 9.78. The lowest BCUT2D eigenvalue weighted by molar-refractivity contribution is 0.276. The van der Waals surface area contributed by atoms with Crippen LogP contribution >= 0.6 is 11.6 Å². The van der Waals surface area contributed by atoms with Gasteiger partial charge in [-0.15, -0.1) is 0 Å². The van der Waals surface area contributed by atoms with Gasteiger partial charge in [0.05, 0.1) is 17.6 Å². The number of aliphatic hydroxyl groups is 1. The first kappa shape index (κ1) is 13.2. The van der Waals surface area contributed by atoms with Gasteiger partial charge in [-0.3, -0.25) is 0 Å². The van der Waals surface area contributed by atoms with Gasteiger partial charge in [0.25, 0.3) is 0 Å². The van der Waals surface area contributed by atoms with Crippen LogP contribution in [0.1, 0.15) is 11.4 Å². The lowest BCUT2D eigenvalue weighted by Crippen LogP contribution is -2.07. The van der Waals surface area contributed by atoms with E-state index < -0.39 is 0 Å². The molecule has 1 heterocycles. The van der Waals surface area contributed by atoms with Crippen LogP contribution < -0.4 is 0 Å². The van der Waals surface area contributed by atoms with Crippen LogP contribution in [-0.2, 0) is 13.0 Å². The molecule has 4 heteroatoms. The number of imidazole rings is 1. The Labute approximate surface area is 122 Å². The van der Waals surface area contributed by atoms with Gasteiger partial charge >= 0.3 is 0 Å². The number of rotatable bonds is 4.